The van der Waals surface area contributed by atoms with Crippen molar-refractivity contribution in [3.8, 4) is 5.75 Å². The highest BCUT2D eigenvalue weighted by atomic mass is 35.5. The molecule has 1 saturated carbocycles. The van der Waals surface area contributed by atoms with Gasteiger partial charge in [0, 0.05) is 0 Å². The topological polar surface area (TPSA) is 35.2 Å². The Balaban J connectivity index is 2.20. The summed E-state index contributed by atoms with van der Waals surface area (Å²) in [6, 6.07) is 6.09. The minimum atomic E-state index is 0.577. The van der Waals surface area contributed by atoms with Crippen LogP contribution in [0.3, 0.4) is 0 Å². The van der Waals surface area contributed by atoms with Crippen LogP contribution in [-0.2, 0) is 0 Å². The Morgan fingerprint density at radius 2 is 2.25 bits per heavy atom. The summed E-state index contributed by atoms with van der Waals surface area (Å²) in [6.45, 7) is 0.741. The smallest absolute Gasteiger partial charge is 0.137 e. The molecule has 2 rings (SSSR count). The zero-order valence-corrected chi connectivity index (χ0v) is 10.3. The average Bonchev–Trinajstić information content (AvgIpc) is 3.09. The zero-order chi connectivity index (χ0) is 11.5. The Kier molecular flexibility index (Phi) is 3.72. The van der Waals surface area contributed by atoms with Crippen molar-refractivity contribution in [2.45, 2.75) is 25.2 Å². The van der Waals surface area contributed by atoms with E-state index in [4.69, 9.17) is 22.1 Å². The summed E-state index contributed by atoms with van der Waals surface area (Å²) in [6.07, 6.45) is 3.70. The second-order valence-electron chi connectivity index (χ2n) is 4.42. The minimum absolute atomic E-state index is 0.577. The lowest BCUT2D eigenvalue weighted by molar-refractivity contribution is 0.414. The third kappa shape index (κ3) is 2.50. The molecule has 1 aliphatic rings. The lowest BCUT2D eigenvalue weighted by Crippen LogP contribution is -2.09. The van der Waals surface area contributed by atoms with E-state index in [0.717, 1.165) is 24.6 Å². The number of hydrogen-bond donors (Lipinski definition) is 1. The molecule has 16 heavy (non-hydrogen) atoms. The van der Waals surface area contributed by atoms with Crippen molar-refractivity contribution in [3.05, 3.63) is 28.8 Å². The van der Waals surface area contributed by atoms with E-state index in [-0.39, 0.29) is 0 Å². The molecule has 1 aromatic carbocycles. The molecule has 0 amide bonds. The molecule has 0 spiro atoms. The highest BCUT2D eigenvalue weighted by molar-refractivity contribution is 6.32. The largest absolute Gasteiger partial charge is 0.495 e. The molecule has 0 saturated heterocycles. The van der Waals surface area contributed by atoms with E-state index in [9.17, 15) is 0 Å². The van der Waals surface area contributed by atoms with Crippen molar-refractivity contribution in [2.75, 3.05) is 13.7 Å². The van der Waals surface area contributed by atoms with Gasteiger partial charge in [-0.2, -0.15) is 0 Å². The molecule has 0 aliphatic heterocycles. The van der Waals surface area contributed by atoms with Crippen LogP contribution in [0.15, 0.2) is 18.2 Å². The van der Waals surface area contributed by atoms with Crippen molar-refractivity contribution >= 4 is 11.6 Å². The maximum absolute atomic E-state index is 6.14. The first kappa shape index (κ1) is 11.7. The van der Waals surface area contributed by atoms with E-state index in [1.165, 1.54) is 18.4 Å². The van der Waals surface area contributed by atoms with Crippen LogP contribution in [0.5, 0.6) is 5.75 Å². The number of halogens is 1. The summed E-state index contributed by atoms with van der Waals surface area (Å²) < 4.78 is 5.16. The van der Waals surface area contributed by atoms with E-state index >= 15 is 0 Å². The molecule has 1 fully saturated rings. The number of methoxy groups -OCH3 is 1. The first-order chi connectivity index (χ1) is 7.76. The molecule has 2 N–H and O–H groups in total. The SMILES string of the molecule is COc1ccc(C(CCN)C2CC2)cc1Cl. The Morgan fingerprint density at radius 3 is 2.75 bits per heavy atom. The van der Waals surface area contributed by atoms with Crippen LogP contribution >= 0.6 is 11.6 Å². The maximum Gasteiger partial charge on any atom is 0.137 e. The zero-order valence-electron chi connectivity index (χ0n) is 9.58. The number of rotatable bonds is 5. The summed E-state index contributed by atoms with van der Waals surface area (Å²) in [5.41, 5.74) is 6.97. The second-order valence-corrected chi connectivity index (χ2v) is 4.82. The summed E-state index contributed by atoms with van der Waals surface area (Å²) >= 11 is 6.14. The Hall–Kier alpha value is -0.730. The van der Waals surface area contributed by atoms with Gasteiger partial charge < -0.3 is 10.5 Å². The minimum Gasteiger partial charge on any atom is -0.495 e. The number of nitrogens with two attached hydrogens (primary N) is 1. The van der Waals surface area contributed by atoms with Crippen molar-refractivity contribution < 1.29 is 4.74 Å². The highest BCUT2D eigenvalue weighted by Gasteiger charge is 2.31. The van der Waals surface area contributed by atoms with Crippen LogP contribution < -0.4 is 10.5 Å². The van der Waals surface area contributed by atoms with Crippen molar-refractivity contribution in [1.29, 1.82) is 0 Å². The molecule has 1 aliphatic carbocycles. The third-order valence-corrected chi connectivity index (χ3v) is 3.57. The normalized spacial score (nSPS) is 17.2. The summed E-state index contributed by atoms with van der Waals surface area (Å²) in [7, 11) is 1.64. The lowest BCUT2D eigenvalue weighted by atomic mass is 9.91. The van der Waals surface area contributed by atoms with Crippen LogP contribution in [0.2, 0.25) is 5.02 Å². The number of ether oxygens (including phenoxy) is 1. The fourth-order valence-electron chi connectivity index (χ4n) is 2.27. The number of hydrogen-bond acceptors (Lipinski definition) is 2. The van der Waals surface area contributed by atoms with Gasteiger partial charge in [0.15, 0.2) is 0 Å². The van der Waals surface area contributed by atoms with Gasteiger partial charge in [0.05, 0.1) is 12.1 Å². The van der Waals surface area contributed by atoms with Gasteiger partial charge in [-0.05, 0) is 55.3 Å². The van der Waals surface area contributed by atoms with Crippen LogP contribution in [0.4, 0.5) is 0 Å². The van der Waals surface area contributed by atoms with Crippen LogP contribution in [-0.4, -0.2) is 13.7 Å². The molecule has 0 aromatic heterocycles. The summed E-state index contributed by atoms with van der Waals surface area (Å²) in [4.78, 5) is 0. The molecule has 0 bridgehead atoms. The molecule has 1 unspecified atom stereocenters. The first-order valence-electron chi connectivity index (χ1n) is 5.79. The van der Waals surface area contributed by atoms with Crippen LogP contribution in [0, 0.1) is 5.92 Å². The molecule has 0 heterocycles. The van der Waals surface area contributed by atoms with E-state index in [2.05, 4.69) is 6.07 Å². The number of benzene rings is 1. The Labute approximate surface area is 102 Å². The predicted octanol–water partition coefficient (Wildman–Crippen LogP) is 3.19. The molecule has 0 radical (unpaired) electrons. The molecule has 88 valence electrons. The van der Waals surface area contributed by atoms with Gasteiger partial charge in [-0.25, -0.2) is 0 Å². The van der Waals surface area contributed by atoms with Gasteiger partial charge in [-0.15, -0.1) is 0 Å². The van der Waals surface area contributed by atoms with Crippen molar-refractivity contribution in [2.24, 2.45) is 11.7 Å². The fourth-order valence-corrected chi connectivity index (χ4v) is 2.53. The molecule has 2 nitrogen and oxygen atoms in total. The maximum atomic E-state index is 6.14. The Morgan fingerprint density at radius 1 is 1.50 bits per heavy atom. The van der Waals surface area contributed by atoms with Crippen molar-refractivity contribution in [3.63, 3.8) is 0 Å². The molecular weight excluding hydrogens is 222 g/mol. The Bertz CT molecular complexity index is 363. The van der Waals surface area contributed by atoms with Gasteiger partial charge in [0.2, 0.25) is 0 Å². The second kappa shape index (κ2) is 5.07. The summed E-state index contributed by atoms with van der Waals surface area (Å²) in [5, 5.41) is 0.697. The molecule has 3 heteroatoms. The molecule has 1 atom stereocenters. The monoisotopic (exact) mass is 239 g/mol. The van der Waals surface area contributed by atoms with E-state index in [1.807, 2.05) is 12.1 Å². The van der Waals surface area contributed by atoms with Gasteiger partial charge in [-0.3, -0.25) is 0 Å². The van der Waals surface area contributed by atoms with Crippen molar-refractivity contribution in [1.82, 2.24) is 0 Å². The summed E-state index contributed by atoms with van der Waals surface area (Å²) in [5.74, 6) is 2.13. The van der Waals surface area contributed by atoms with Crippen LogP contribution in [0.25, 0.3) is 0 Å². The standard InChI is InChI=1S/C13H18ClNO/c1-16-13-5-4-10(8-12(13)14)11(6-7-15)9-2-3-9/h4-5,8-9,11H,2-3,6-7,15H2,1H3. The molecule has 1 aromatic rings. The van der Waals surface area contributed by atoms with Gasteiger partial charge in [0.25, 0.3) is 0 Å². The fraction of sp³-hybridized carbons (Fsp3) is 0.538. The van der Waals surface area contributed by atoms with Gasteiger partial charge in [-0.1, -0.05) is 17.7 Å². The molecular formula is C13H18ClNO. The average molecular weight is 240 g/mol. The van der Waals surface area contributed by atoms with Gasteiger partial charge in [0.1, 0.15) is 5.75 Å². The predicted molar refractivity (Wildman–Crippen MR) is 67.1 cm³/mol. The van der Waals surface area contributed by atoms with E-state index in [1.54, 1.807) is 7.11 Å². The third-order valence-electron chi connectivity index (χ3n) is 3.27. The van der Waals surface area contributed by atoms with E-state index in [0.29, 0.717) is 10.9 Å². The first-order valence-corrected chi connectivity index (χ1v) is 6.17. The highest BCUT2D eigenvalue weighted by Crippen LogP contribution is 2.45. The van der Waals surface area contributed by atoms with Crippen LogP contribution in [0.1, 0.15) is 30.7 Å². The quantitative estimate of drug-likeness (QED) is 0.857. The van der Waals surface area contributed by atoms with Gasteiger partial charge >= 0.3 is 0 Å². The lowest BCUT2D eigenvalue weighted by Gasteiger charge is -2.16. The van der Waals surface area contributed by atoms with E-state index < -0.39 is 0 Å².